The Morgan fingerprint density at radius 1 is 1.12 bits per heavy atom. The van der Waals surface area contributed by atoms with Gasteiger partial charge in [0.15, 0.2) is 11.0 Å². The van der Waals surface area contributed by atoms with E-state index in [2.05, 4.69) is 20.8 Å². The minimum absolute atomic E-state index is 0.0983. The van der Waals surface area contributed by atoms with Gasteiger partial charge in [-0.05, 0) is 55.7 Å². The van der Waals surface area contributed by atoms with Gasteiger partial charge >= 0.3 is 0 Å². The van der Waals surface area contributed by atoms with Crippen LogP contribution in [0.4, 0.5) is 5.69 Å². The molecule has 1 atom stereocenters. The molecule has 174 valence electrons. The molecule has 2 N–H and O–H groups in total. The first-order valence-electron chi connectivity index (χ1n) is 10.8. The number of thioether (sulfide) groups is 1. The number of carbonyl (C=O) groups excluding carboxylic acids is 2. The summed E-state index contributed by atoms with van der Waals surface area (Å²) in [5.41, 5.74) is 2.22. The highest BCUT2D eigenvalue weighted by Crippen LogP contribution is 2.26. The van der Waals surface area contributed by atoms with Crippen molar-refractivity contribution in [1.82, 2.24) is 20.1 Å². The van der Waals surface area contributed by atoms with Crippen molar-refractivity contribution in [1.29, 1.82) is 0 Å². The number of nitrogens with one attached hydrogen (secondary N) is 2. The molecule has 0 fully saturated rings. The van der Waals surface area contributed by atoms with Gasteiger partial charge in [-0.2, -0.15) is 0 Å². The Kier molecular flexibility index (Phi) is 8.52. The summed E-state index contributed by atoms with van der Waals surface area (Å²) in [5.74, 6) is 0.653. The molecule has 0 saturated carbocycles. The van der Waals surface area contributed by atoms with Crippen molar-refractivity contribution in [3.8, 4) is 0 Å². The number of nitrogens with zero attached hydrogens (tertiary/aromatic N) is 3. The predicted molar refractivity (Wildman–Crippen MR) is 133 cm³/mol. The molecular weight excluding hydrogens is 458 g/mol. The maximum atomic E-state index is 12.7. The van der Waals surface area contributed by atoms with Gasteiger partial charge in [0.2, 0.25) is 5.91 Å². The van der Waals surface area contributed by atoms with E-state index in [0.29, 0.717) is 28.1 Å². The Labute approximate surface area is 203 Å². The third-order valence-corrected chi connectivity index (χ3v) is 6.33. The fourth-order valence-corrected chi connectivity index (χ4v) is 4.40. The van der Waals surface area contributed by atoms with E-state index < -0.39 is 0 Å². The van der Waals surface area contributed by atoms with Crippen LogP contribution in [-0.4, -0.2) is 32.3 Å². The molecule has 1 heterocycles. The molecule has 0 aliphatic rings. The van der Waals surface area contributed by atoms with Crippen molar-refractivity contribution in [2.24, 2.45) is 5.92 Å². The number of benzene rings is 2. The van der Waals surface area contributed by atoms with E-state index in [4.69, 9.17) is 11.6 Å². The summed E-state index contributed by atoms with van der Waals surface area (Å²) in [7, 11) is 0. The van der Waals surface area contributed by atoms with E-state index in [9.17, 15) is 9.59 Å². The molecule has 0 spiro atoms. The van der Waals surface area contributed by atoms with Crippen LogP contribution >= 0.6 is 23.4 Å². The number of aromatic nitrogens is 3. The topological polar surface area (TPSA) is 88.9 Å². The Morgan fingerprint density at radius 3 is 2.48 bits per heavy atom. The third kappa shape index (κ3) is 6.36. The van der Waals surface area contributed by atoms with Crippen LogP contribution in [-0.2, 0) is 11.3 Å². The summed E-state index contributed by atoms with van der Waals surface area (Å²) in [6.45, 7) is 8.56. The third-order valence-electron chi connectivity index (χ3n) is 5.12. The summed E-state index contributed by atoms with van der Waals surface area (Å²) in [6, 6.07) is 14.1. The zero-order valence-corrected chi connectivity index (χ0v) is 20.7. The Balaban J connectivity index is 1.70. The number of aryl methyl sites for hydroxylation is 1. The minimum Gasteiger partial charge on any atom is -0.342 e. The Bertz CT molecular complexity index is 1120. The van der Waals surface area contributed by atoms with Gasteiger partial charge in [0.05, 0.1) is 11.8 Å². The summed E-state index contributed by atoms with van der Waals surface area (Å²) >= 11 is 7.30. The Hall–Kier alpha value is -2.84. The first-order valence-corrected chi connectivity index (χ1v) is 12.1. The summed E-state index contributed by atoms with van der Waals surface area (Å²) < 4.78 is 1.95. The lowest BCUT2D eigenvalue weighted by molar-refractivity contribution is -0.113. The SMILES string of the molecule is CCn1c(SCC(=O)Nc2ccc(Cl)cc2C)nnc1[C@@H](NC(=O)c1ccccc1)C(C)C. The van der Waals surface area contributed by atoms with Gasteiger partial charge in [0.1, 0.15) is 0 Å². The highest BCUT2D eigenvalue weighted by molar-refractivity contribution is 7.99. The molecule has 3 aromatic rings. The fraction of sp³-hybridized carbons (Fsp3) is 0.333. The molecule has 7 nitrogen and oxygen atoms in total. The van der Waals surface area contributed by atoms with E-state index in [0.717, 1.165) is 11.3 Å². The Morgan fingerprint density at radius 2 is 1.85 bits per heavy atom. The normalized spacial score (nSPS) is 11.9. The second-order valence-corrected chi connectivity index (χ2v) is 9.32. The molecular formula is C24H28ClN5O2S. The van der Waals surface area contributed by atoms with Gasteiger partial charge in [0.25, 0.3) is 5.91 Å². The molecule has 33 heavy (non-hydrogen) atoms. The number of rotatable bonds is 9. The molecule has 0 saturated heterocycles. The zero-order chi connectivity index (χ0) is 24.0. The van der Waals surface area contributed by atoms with Gasteiger partial charge in [0, 0.05) is 22.8 Å². The quantitative estimate of drug-likeness (QED) is 0.411. The molecule has 0 aliphatic heterocycles. The number of anilines is 1. The van der Waals surface area contributed by atoms with Crippen LogP contribution in [0.5, 0.6) is 0 Å². The lowest BCUT2D eigenvalue weighted by Crippen LogP contribution is -2.33. The van der Waals surface area contributed by atoms with Gasteiger partial charge < -0.3 is 15.2 Å². The van der Waals surface area contributed by atoms with E-state index in [1.54, 1.807) is 30.3 Å². The molecule has 3 rings (SSSR count). The van der Waals surface area contributed by atoms with E-state index in [-0.39, 0.29) is 29.5 Å². The molecule has 0 aliphatic carbocycles. The average Bonchev–Trinajstić information content (AvgIpc) is 3.20. The largest absolute Gasteiger partial charge is 0.342 e. The predicted octanol–water partition coefficient (Wildman–Crippen LogP) is 5.12. The van der Waals surface area contributed by atoms with Crippen molar-refractivity contribution >= 4 is 40.9 Å². The minimum atomic E-state index is -0.315. The molecule has 2 amide bonds. The lowest BCUT2D eigenvalue weighted by Gasteiger charge is -2.22. The highest BCUT2D eigenvalue weighted by Gasteiger charge is 2.26. The van der Waals surface area contributed by atoms with E-state index in [1.165, 1.54) is 11.8 Å². The van der Waals surface area contributed by atoms with E-state index >= 15 is 0 Å². The summed E-state index contributed by atoms with van der Waals surface area (Å²) in [4.78, 5) is 25.2. The smallest absolute Gasteiger partial charge is 0.251 e. The van der Waals surface area contributed by atoms with Crippen LogP contribution in [0.3, 0.4) is 0 Å². The van der Waals surface area contributed by atoms with Crippen LogP contribution in [0.15, 0.2) is 53.7 Å². The number of carbonyl (C=O) groups is 2. The zero-order valence-electron chi connectivity index (χ0n) is 19.1. The van der Waals surface area contributed by atoms with E-state index in [1.807, 2.05) is 50.5 Å². The lowest BCUT2D eigenvalue weighted by atomic mass is 10.0. The van der Waals surface area contributed by atoms with Crippen molar-refractivity contribution in [3.05, 3.63) is 70.5 Å². The van der Waals surface area contributed by atoms with Crippen LogP contribution in [0.1, 0.15) is 48.6 Å². The number of hydrogen-bond donors (Lipinski definition) is 2. The van der Waals surface area contributed by atoms with Crippen molar-refractivity contribution < 1.29 is 9.59 Å². The standard InChI is InChI=1S/C24H28ClN5O2S/c1-5-30-22(21(15(2)3)27-23(32)17-9-7-6-8-10-17)28-29-24(30)33-14-20(31)26-19-12-11-18(25)13-16(19)4/h6-13,15,21H,5,14H2,1-4H3,(H,26,31)(H,27,32)/t21-/m0/s1. The van der Waals surface area contributed by atoms with Gasteiger partial charge in [-0.1, -0.05) is 55.4 Å². The van der Waals surface area contributed by atoms with Crippen LogP contribution in [0.25, 0.3) is 0 Å². The molecule has 0 radical (unpaired) electrons. The number of hydrogen-bond acceptors (Lipinski definition) is 5. The number of halogens is 1. The van der Waals surface area contributed by atoms with Crippen molar-refractivity contribution in [3.63, 3.8) is 0 Å². The fourth-order valence-electron chi connectivity index (χ4n) is 3.36. The number of amides is 2. The second-order valence-electron chi connectivity index (χ2n) is 7.94. The molecule has 0 bridgehead atoms. The molecule has 0 unspecified atom stereocenters. The second kappa shape index (κ2) is 11.3. The van der Waals surface area contributed by atoms with Gasteiger partial charge in [-0.3, -0.25) is 9.59 Å². The molecule has 9 heteroatoms. The first kappa shape index (κ1) is 24.8. The van der Waals surface area contributed by atoms with Crippen LogP contribution in [0, 0.1) is 12.8 Å². The monoisotopic (exact) mass is 485 g/mol. The van der Waals surface area contributed by atoms with Gasteiger partial charge in [-0.15, -0.1) is 10.2 Å². The average molecular weight is 486 g/mol. The first-order chi connectivity index (χ1) is 15.8. The molecule has 2 aromatic carbocycles. The van der Waals surface area contributed by atoms with Gasteiger partial charge in [-0.25, -0.2) is 0 Å². The maximum absolute atomic E-state index is 12.7. The highest BCUT2D eigenvalue weighted by atomic mass is 35.5. The summed E-state index contributed by atoms with van der Waals surface area (Å²) in [5, 5.41) is 15.9. The summed E-state index contributed by atoms with van der Waals surface area (Å²) in [6.07, 6.45) is 0. The van der Waals surface area contributed by atoms with Crippen molar-refractivity contribution in [2.75, 3.05) is 11.1 Å². The van der Waals surface area contributed by atoms with Crippen LogP contribution in [0.2, 0.25) is 5.02 Å². The van der Waals surface area contributed by atoms with Crippen LogP contribution < -0.4 is 10.6 Å². The molecule has 1 aromatic heterocycles. The van der Waals surface area contributed by atoms with Crippen molar-refractivity contribution in [2.45, 2.75) is 45.4 Å². The maximum Gasteiger partial charge on any atom is 0.251 e.